The molecule has 27 heavy (non-hydrogen) atoms. The molecule has 3 aromatic rings. The molecule has 0 N–H and O–H groups in total. The molecule has 1 aliphatic heterocycles. The lowest BCUT2D eigenvalue weighted by molar-refractivity contribution is 0.104. The van der Waals surface area contributed by atoms with Gasteiger partial charge in [0.05, 0.1) is 0 Å². The van der Waals surface area contributed by atoms with Crippen molar-refractivity contribution in [1.82, 2.24) is 0 Å². The molecule has 0 saturated heterocycles. The Morgan fingerprint density at radius 1 is 1.04 bits per heavy atom. The number of fused-ring (bicyclic) bond motifs is 1. The first-order valence-electron chi connectivity index (χ1n) is 8.26. The van der Waals surface area contributed by atoms with E-state index in [1.807, 2.05) is 0 Å². The van der Waals surface area contributed by atoms with Gasteiger partial charge in [-0.25, -0.2) is 0 Å². The van der Waals surface area contributed by atoms with Gasteiger partial charge >= 0.3 is 0 Å². The first-order chi connectivity index (χ1) is 13.2. The Balaban J connectivity index is 1.37. The number of rotatable bonds is 6. The third-order valence-electron chi connectivity index (χ3n) is 3.93. The molecule has 0 radical (unpaired) electrons. The SMILES string of the molecule is O=C(/C=C/c1ccc(COc2ccc(Cl)cc2)o1)c1ccc2c(c1)OCO2. The summed E-state index contributed by atoms with van der Waals surface area (Å²) >= 11 is 5.84. The highest BCUT2D eigenvalue weighted by atomic mass is 35.5. The molecule has 0 saturated carbocycles. The van der Waals surface area contributed by atoms with Gasteiger partial charge in [-0.3, -0.25) is 4.79 Å². The summed E-state index contributed by atoms with van der Waals surface area (Å²) in [5.74, 6) is 2.99. The zero-order valence-electron chi connectivity index (χ0n) is 14.2. The van der Waals surface area contributed by atoms with Gasteiger partial charge in [0.1, 0.15) is 23.9 Å². The van der Waals surface area contributed by atoms with Crippen molar-refractivity contribution in [2.24, 2.45) is 0 Å². The molecule has 5 nitrogen and oxygen atoms in total. The van der Waals surface area contributed by atoms with Crippen molar-refractivity contribution in [2.75, 3.05) is 6.79 Å². The Morgan fingerprint density at radius 2 is 1.85 bits per heavy atom. The largest absolute Gasteiger partial charge is 0.486 e. The van der Waals surface area contributed by atoms with Gasteiger partial charge in [-0.1, -0.05) is 11.6 Å². The van der Waals surface area contributed by atoms with Crippen LogP contribution in [0.1, 0.15) is 21.9 Å². The summed E-state index contributed by atoms with van der Waals surface area (Å²) in [6.07, 6.45) is 3.08. The van der Waals surface area contributed by atoms with E-state index in [0.717, 1.165) is 0 Å². The Morgan fingerprint density at radius 3 is 2.70 bits per heavy atom. The van der Waals surface area contributed by atoms with Crippen molar-refractivity contribution < 1.29 is 23.4 Å². The molecule has 2 heterocycles. The van der Waals surface area contributed by atoms with Gasteiger partial charge in [-0.05, 0) is 66.7 Å². The van der Waals surface area contributed by atoms with Crippen LogP contribution < -0.4 is 14.2 Å². The van der Waals surface area contributed by atoms with Gasteiger partial charge in [-0.2, -0.15) is 0 Å². The lowest BCUT2D eigenvalue weighted by Crippen LogP contribution is -1.94. The van der Waals surface area contributed by atoms with E-state index in [-0.39, 0.29) is 19.2 Å². The fourth-order valence-corrected chi connectivity index (χ4v) is 2.68. The van der Waals surface area contributed by atoms with E-state index in [2.05, 4.69) is 0 Å². The smallest absolute Gasteiger partial charge is 0.231 e. The van der Waals surface area contributed by atoms with Crippen LogP contribution in [-0.2, 0) is 6.61 Å². The van der Waals surface area contributed by atoms with Crippen LogP contribution in [-0.4, -0.2) is 12.6 Å². The summed E-state index contributed by atoms with van der Waals surface area (Å²) in [4.78, 5) is 12.3. The molecule has 0 amide bonds. The van der Waals surface area contributed by atoms with Crippen molar-refractivity contribution in [3.63, 3.8) is 0 Å². The second-order valence-corrected chi connectivity index (χ2v) is 6.25. The van der Waals surface area contributed by atoms with Crippen LogP contribution in [0.15, 0.2) is 65.1 Å². The number of ether oxygens (including phenoxy) is 3. The van der Waals surface area contributed by atoms with E-state index in [0.29, 0.717) is 39.4 Å². The van der Waals surface area contributed by atoms with Crippen LogP contribution in [0.3, 0.4) is 0 Å². The van der Waals surface area contributed by atoms with E-state index in [9.17, 15) is 4.79 Å². The number of ketones is 1. The Bertz CT molecular complexity index is 988. The predicted octanol–water partition coefficient (Wildman–Crippen LogP) is 5.14. The van der Waals surface area contributed by atoms with Crippen LogP contribution in [0, 0.1) is 0 Å². The molecule has 136 valence electrons. The summed E-state index contributed by atoms with van der Waals surface area (Å²) in [6.45, 7) is 0.460. The first kappa shape index (κ1) is 17.2. The van der Waals surface area contributed by atoms with Crippen LogP contribution in [0.4, 0.5) is 0 Å². The summed E-state index contributed by atoms with van der Waals surface area (Å²) in [5, 5.41) is 0.653. The number of carbonyl (C=O) groups is 1. The number of furan rings is 1. The molecule has 0 spiro atoms. The van der Waals surface area contributed by atoms with E-state index < -0.39 is 0 Å². The molecule has 6 heteroatoms. The number of benzene rings is 2. The molecule has 2 aromatic carbocycles. The van der Waals surface area contributed by atoms with E-state index in [4.69, 9.17) is 30.2 Å². The van der Waals surface area contributed by atoms with Crippen LogP contribution in [0.5, 0.6) is 17.2 Å². The fourth-order valence-electron chi connectivity index (χ4n) is 2.55. The molecule has 4 rings (SSSR count). The maximum Gasteiger partial charge on any atom is 0.231 e. The lowest BCUT2D eigenvalue weighted by atomic mass is 10.1. The molecule has 1 aromatic heterocycles. The minimum absolute atomic E-state index is 0.149. The zero-order valence-corrected chi connectivity index (χ0v) is 14.9. The van der Waals surface area contributed by atoms with Crippen molar-refractivity contribution in [3.05, 3.63) is 82.8 Å². The number of carbonyl (C=O) groups excluding carboxylic acids is 1. The zero-order chi connectivity index (χ0) is 18.6. The number of allylic oxidation sites excluding steroid dienone is 1. The normalized spacial score (nSPS) is 12.5. The Labute approximate surface area is 160 Å². The third kappa shape index (κ3) is 4.15. The maximum atomic E-state index is 12.3. The van der Waals surface area contributed by atoms with Crippen molar-refractivity contribution in [1.29, 1.82) is 0 Å². The van der Waals surface area contributed by atoms with Crippen LogP contribution in [0.25, 0.3) is 6.08 Å². The molecule has 1 aliphatic rings. The quantitative estimate of drug-likeness (QED) is 0.436. The highest BCUT2D eigenvalue weighted by Gasteiger charge is 2.15. The molecule has 0 aliphatic carbocycles. The number of hydrogen-bond acceptors (Lipinski definition) is 5. The van der Waals surface area contributed by atoms with Crippen molar-refractivity contribution in [3.8, 4) is 17.2 Å². The second kappa shape index (κ2) is 7.60. The summed E-state index contributed by atoms with van der Waals surface area (Å²) < 4.78 is 21.8. The van der Waals surface area contributed by atoms with Gasteiger partial charge in [0.25, 0.3) is 0 Å². The van der Waals surface area contributed by atoms with E-state index >= 15 is 0 Å². The monoisotopic (exact) mass is 382 g/mol. The van der Waals surface area contributed by atoms with Crippen LogP contribution >= 0.6 is 11.6 Å². The first-order valence-corrected chi connectivity index (χ1v) is 8.64. The van der Waals surface area contributed by atoms with Gasteiger partial charge in [0.15, 0.2) is 17.3 Å². The van der Waals surface area contributed by atoms with E-state index in [1.54, 1.807) is 60.7 Å². The van der Waals surface area contributed by atoms with E-state index in [1.165, 1.54) is 6.08 Å². The molecule has 0 atom stereocenters. The summed E-state index contributed by atoms with van der Waals surface area (Å²) in [7, 11) is 0. The van der Waals surface area contributed by atoms with Crippen molar-refractivity contribution in [2.45, 2.75) is 6.61 Å². The number of hydrogen-bond donors (Lipinski definition) is 0. The predicted molar refractivity (Wildman–Crippen MR) is 100 cm³/mol. The third-order valence-corrected chi connectivity index (χ3v) is 4.19. The molecule has 0 bridgehead atoms. The maximum absolute atomic E-state index is 12.3. The average molecular weight is 383 g/mol. The molecule has 0 unspecified atom stereocenters. The highest BCUT2D eigenvalue weighted by Crippen LogP contribution is 2.32. The van der Waals surface area contributed by atoms with Gasteiger partial charge < -0.3 is 18.6 Å². The molecule has 0 fully saturated rings. The van der Waals surface area contributed by atoms with Gasteiger partial charge in [0.2, 0.25) is 6.79 Å². The van der Waals surface area contributed by atoms with Gasteiger partial charge in [-0.15, -0.1) is 0 Å². The molecular formula is C21H15ClO5. The standard InChI is InChI=1S/C21H15ClO5/c22-15-2-4-16(5-3-15)24-12-18-7-6-17(27-18)8-9-19(23)14-1-10-20-21(11-14)26-13-25-20/h1-11H,12-13H2/b9-8+. The fraction of sp³-hybridized carbons (Fsp3) is 0.0952. The average Bonchev–Trinajstić information content (AvgIpc) is 3.34. The van der Waals surface area contributed by atoms with Gasteiger partial charge in [0, 0.05) is 10.6 Å². The topological polar surface area (TPSA) is 57.9 Å². The second-order valence-electron chi connectivity index (χ2n) is 5.81. The minimum Gasteiger partial charge on any atom is -0.486 e. The van der Waals surface area contributed by atoms with Crippen LogP contribution in [0.2, 0.25) is 5.02 Å². The number of halogens is 1. The minimum atomic E-state index is -0.149. The summed E-state index contributed by atoms with van der Waals surface area (Å²) in [5.41, 5.74) is 0.522. The lowest BCUT2D eigenvalue weighted by Gasteiger charge is -2.03. The Kier molecular flexibility index (Phi) is 4.85. The Hall–Kier alpha value is -3.18. The highest BCUT2D eigenvalue weighted by molar-refractivity contribution is 6.30. The summed E-state index contributed by atoms with van der Waals surface area (Å²) in [6, 6.07) is 15.8. The van der Waals surface area contributed by atoms with Crippen molar-refractivity contribution >= 4 is 23.5 Å². The molecular weight excluding hydrogens is 368 g/mol.